The molecule has 1 N–H and O–H groups in total. The molecule has 0 saturated heterocycles. The smallest absolute Gasteiger partial charge is 0.333 e. The highest BCUT2D eigenvalue weighted by Crippen LogP contribution is 2.13. The van der Waals surface area contributed by atoms with Crippen molar-refractivity contribution in [3.05, 3.63) is 35.9 Å². The quantitative estimate of drug-likeness (QED) is 0.806. The molecule has 15 heavy (non-hydrogen) atoms. The van der Waals surface area contributed by atoms with Crippen molar-refractivity contribution in [2.24, 2.45) is 0 Å². The lowest BCUT2D eigenvalue weighted by Crippen LogP contribution is -2.24. The van der Waals surface area contributed by atoms with Crippen LogP contribution in [0.4, 0.5) is 0 Å². The zero-order chi connectivity index (χ0) is 11.1. The Morgan fingerprint density at radius 2 is 2.13 bits per heavy atom. The van der Waals surface area contributed by atoms with Gasteiger partial charge in [-0.15, -0.1) is 0 Å². The number of benzene rings is 1. The van der Waals surface area contributed by atoms with E-state index in [0.717, 1.165) is 5.75 Å². The van der Waals surface area contributed by atoms with Crippen molar-refractivity contribution in [2.75, 3.05) is 12.9 Å². The average molecular weight is 226 g/mol. The van der Waals surface area contributed by atoms with E-state index in [9.17, 15) is 4.79 Å². The number of hydrogen-bond acceptors (Lipinski definition) is 3. The number of rotatable bonds is 6. The van der Waals surface area contributed by atoms with Crippen molar-refractivity contribution in [2.45, 2.75) is 11.9 Å². The fourth-order valence-corrected chi connectivity index (χ4v) is 2.14. The van der Waals surface area contributed by atoms with Gasteiger partial charge in [-0.25, -0.2) is 4.79 Å². The summed E-state index contributed by atoms with van der Waals surface area (Å²) >= 11 is 1.56. The molecule has 0 amide bonds. The monoisotopic (exact) mass is 226 g/mol. The van der Waals surface area contributed by atoms with Crippen LogP contribution in [0.15, 0.2) is 30.3 Å². The number of carboxylic acids is 1. The van der Waals surface area contributed by atoms with Gasteiger partial charge in [0.05, 0.1) is 0 Å². The van der Waals surface area contributed by atoms with Gasteiger partial charge < -0.3 is 9.84 Å². The lowest BCUT2D eigenvalue weighted by atomic mass is 10.2. The lowest BCUT2D eigenvalue weighted by Gasteiger charge is -2.09. The fourth-order valence-electron chi connectivity index (χ4n) is 1.10. The number of methoxy groups -OCH3 is 1. The maximum absolute atomic E-state index is 10.6. The second-order valence-electron chi connectivity index (χ2n) is 3.06. The van der Waals surface area contributed by atoms with Crippen molar-refractivity contribution >= 4 is 17.7 Å². The molecule has 0 aliphatic carbocycles. The summed E-state index contributed by atoms with van der Waals surface area (Å²) in [6.07, 6.45) is -0.710. The van der Waals surface area contributed by atoms with E-state index in [4.69, 9.17) is 9.84 Å². The van der Waals surface area contributed by atoms with E-state index in [1.165, 1.54) is 12.7 Å². The van der Waals surface area contributed by atoms with Gasteiger partial charge in [0.1, 0.15) is 0 Å². The molecule has 1 aromatic rings. The molecular formula is C11H14O3S. The van der Waals surface area contributed by atoms with E-state index < -0.39 is 12.1 Å². The molecular weight excluding hydrogens is 212 g/mol. The third-order valence-corrected chi connectivity index (χ3v) is 3.02. The summed E-state index contributed by atoms with van der Waals surface area (Å²) in [5.41, 5.74) is 1.20. The van der Waals surface area contributed by atoms with Gasteiger partial charge in [-0.1, -0.05) is 30.3 Å². The molecule has 82 valence electrons. The molecule has 0 saturated carbocycles. The van der Waals surface area contributed by atoms with Gasteiger partial charge >= 0.3 is 5.97 Å². The molecule has 0 aromatic heterocycles. The Morgan fingerprint density at radius 3 is 2.67 bits per heavy atom. The zero-order valence-electron chi connectivity index (χ0n) is 8.55. The summed E-state index contributed by atoms with van der Waals surface area (Å²) in [6.45, 7) is 0. The minimum Gasteiger partial charge on any atom is -0.479 e. The van der Waals surface area contributed by atoms with Crippen molar-refractivity contribution in [3.8, 4) is 0 Å². The zero-order valence-corrected chi connectivity index (χ0v) is 9.37. The molecule has 0 radical (unpaired) electrons. The molecule has 0 spiro atoms. The van der Waals surface area contributed by atoms with Gasteiger partial charge in [-0.2, -0.15) is 11.8 Å². The van der Waals surface area contributed by atoms with Crippen LogP contribution >= 0.6 is 11.8 Å². The van der Waals surface area contributed by atoms with Crippen LogP contribution in [-0.2, 0) is 15.3 Å². The minimum absolute atomic E-state index is 0.473. The normalized spacial score (nSPS) is 12.3. The number of carboxylic acid groups (broad SMARTS) is 1. The second-order valence-corrected chi connectivity index (χ2v) is 4.09. The number of hydrogen-bond donors (Lipinski definition) is 1. The third-order valence-electron chi connectivity index (χ3n) is 1.94. The number of carbonyl (C=O) groups is 1. The number of thioether (sulfide) groups is 1. The topological polar surface area (TPSA) is 46.5 Å². The summed E-state index contributed by atoms with van der Waals surface area (Å²) in [4.78, 5) is 10.6. The molecule has 0 aliphatic heterocycles. The van der Waals surface area contributed by atoms with E-state index >= 15 is 0 Å². The van der Waals surface area contributed by atoms with Gasteiger partial charge in [-0.3, -0.25) is 0 Å². The second kappa shape index (κ2) is 6.48. The molecule has 4 heteroatoms. The van der Waals surface area contributed by atoms with E-state index in [-0.39, 0.29) is 0 Å². The van der Waals surface area contributed by atoms with Crippen molar-refractivity contribution in [1.29, 1.82) is 0 Å². The highest BCUT2D eigenvalue weighted by molar-refractivity contribution is 7.98. The van der Waals surface area contributed by atoms with Crippen LogP contribution in [0.5, 0.6) is 0 Å². The van der Waals surface area contributed by atoms with Crippen LogP contribution in [-0.4, -0.2) is 30.0 Å². The van der Waals surface area contributed by atoms with Crippen molar-refractivity contribution in [3.63, 3.8) is 0 Å². The van der Waals surface area contributed by atoms with E-state index in [0.29, 0.717) is 5.75 Å². The molecule has 0 bridgehead atoms. The third kappa shape index (κ3) is 4.36. The summed E-state index contributed by atoms with van der Waals surface area (Å²) in [5.74, 6) is 0.382. The Balaban J connectivity index is 2.30. The van der Waals surface area contributed by atoms with E-state index in [2.05, 4.69) is 0 Å². The molecule has 1 unspecified atom stereocenters. The Kier molecular flexibility index (Phi) is 5.21. The average Bonchev–Trinajstić information content (AvgIpc) is 2.25. The molecule has 1 rings (SSSR count). The highest BCUT2D eigenvalue weighted by Gasteiger charge is 2.15. The lowest BCUT2D eigenvalue weighted by molar-refractivity contribution is -0.146. The summed E-state index contributed by atoms with van der Waals surface area (Å²) in [6, 6.07) is 9.95. The van der Waals surface area contributed by atoms with E-state index in [1.54, 1.807) is 11.8 Å². The Labute approximate surface area is 93.4 Å². The first-order chi connectivity index (χ1) is 7.24. The number of aliphatic carboxylic acids is 1. The first kappa shape index (κ1) is 12.1. The molecule has 3 nitrogen and oxygen atoms in total. The minimum atomic E-state index is -0.905. The van der Waals surface area contributed by atoms with Crippen LogP contribution in [0.2, 0.25) is 0 Å². The molecule has 0 aliphatic rings. The van der Waals surface area contributed by atoms with Crippen LogP contribution in [0.1, 0.15) is 5.56 Å². The van der Waals surface area contributed by atoms with Gasteiger partial charge in [0, 0.05) is 18.6 Å². The van der Waals surface area contributed by atoms with Gasteiger partial charge in [-0.05, 0) is 5.56 Å². The summed E-state index contributed by atoms with van der Waals surface area (Å²) < 4.78 is 4.83. The maximum atomic E-state index is 10.6. The molecule has 0 fully saturated rings. The summed E-state index contributed by atoms with van der Waals surface area (Å²) in [5, 5.41) is 8.73. The van der Waals surface area contributed by atoms with Crippen LogP contribution in [0.25, 0.3) is 0 Å². The first-order valence-electron chi connectivity index (χ1n) is 4.61. The maximum Gasteiger partial charge on any atom is 0.333 e. The van der Waals surface area contributed by atoms with E-state index in [1.807, 2.05) is 30.3 Å². The Morgan fingerprint density at radius 1 is 1.47 bits per heavy atom. The Bertz CT molecular complexity index is 300. The predicted octanol–water partition coefficient (Wildman–Crippen LogP) is 2.02. The van der Waals surface area contributed by atoms with Gasteiger partial charge in [0.25, 0.3) is 0 Å². The summed E-state index contributed by atoms with van der Waals surface area (Å²) in [7, 11) is 1.42. The molecule has 1 atom stereocenters. The predicted molar refractivity (Wildman–Crippen MR) is 61.0 cm³/mol. The van der Waals surface area contributed by atoms with Crippen LogP contribution in [0, 0.1) is 0 Å². The van der Waals surface area contributed by atoms with Gasteiger partial charge in [0.2, 0.25) is 0 Å². The SMILES string of the molecule is COC(CSCc1ccccc1)C(=O)O. The van der Waals surface area contributed by atoms with Gasteiger partial charge in [0.15, 0.2) is 6.10 Å². The van der Waals surface area contributed by atoms with Crippen molar-refractivity contribution < 1.29 is 14.6 Å². The Hall–Kier alpha value is -1.00. The van der Waals surface area contributed by atoms with Crippen LogP contribution < -0.4 is 0 Å². The molecule has 0 heterocycles. The van der Waals surface area contributed by atoms with Crippen molar-refractivity contribution in [1.82, 2.24) is 0 Å². The van der Waals surface area contributed by atoms with Crippen LogP contribution in [0.3, 0.4) is 0 Å². The first-order valence-corrected chi connectivity index (χ1v) is 5.76. The standard InChI is InChI=1S/C11H14O3S/c1-14-10(11(12)13)8-15-7-9-5-3-2-4-6-9/h2-6,10H,7-8H2,1H3,(H,12,13). The fraction of sp³-hybridized carbons (Fsp3) is 0.364. The number of ether oxygens (including phenoxy) is 1. The highest BCUT2D eigenvalue weighted by atomic mass is 32.2. The largest absolute Gasteiger partial charge is 0.479 e. The molecule has 1 aromatic carbocycles.